The number of hydrogen-bond donors (Lipinski definition) is 0. The van der Waals surface area contributed by atoms with Crippen LogP contribution in [0.1, 0.15) is 25.3 Å². The van der Waals surface area contributed by atoms with E-state index >= 15 is 0 Å². The van der Waals surface area contributed by atoms with Crippen LogP contribution in [0.3, 0.4) is 0 Å². The number of hydrogen-bond acceptors (Lipinski definition) is 2. The smallest absolute Gasteiger partial charge is 0.380 e. The van der Waals surface area contributed by atoms with E-state index in [-0.39, 0.29) is 17.9 Å². The number of benzene rings is 1. The topological polar surface area (TPSA) is 26.3 Å². The van der Waals surface area contributed by atoms with Crippen LogP contribution in [0.25, 0.3) is 0 Å². The Morgan fingerprint density at radius 2 is 2.00 bits per heavy atom. The van der Waals surface area contributed by atoms with Gasteiger partial charge in [-0.1, -0.05) is 23.8 Å². The quantitative estimate of drug-likeness (QED) is 0.369. The average Bonchev–Trinajstić information content (AvgIpc) is 2.46. The molecule has 22 heavy (non-hydrogen) atoms. The van der Waals surface area contributed by atoms with Crippen molar-refractivity contribution in [3.63, 3.8) is 0 Å². The van der Waals surface area contributed by atoms with Crippen molar-refractivity contribution < 1.29 is 17.7 Å². The average molecular weight is 349 g/mol. The van der Waals surface area contributed by atoms with Gasteiger partial charge < -0.3 is 4.74 Å². The molecule has 1 atom stereocenters. The molecule has 0 spiro atoms. The summed E-state index contributed by atoms with van der Waals surface area (Å²) in [4.78, 5) is 0.424. The summed E-state index contributed by atoms with van der Waals surface area (Å²) in [5.41, 5.74) is 0.991. The van der Waals surface area contributed by atoms with Gasteiger partial charge in [0.2, 0.25) is 0 Å². The zero-order valence-electron chi connectivity index (χ0n) is 12.6. The van der Waals surface area contributed by atoms with Crippen LogP contribution in [0.5, 0.6) is 0 Å². The molecule has 0 radical (unpaired) electrons. The lowest BCUT2D eigenvalue weighted by atomic mass is 10.2. The molecule has 0 aliphatic rings. The third-order valence-corrected chi connectivity index (χ3v) is 4.54. The van der Waals surface area contributed by atoms with Gasteiger partial charge in [0.15, 0.2) is 5.76 Å². The first kappa shape index (κ1) is 18.8. The Morgan fingerprint density at radius 3 is 2.45 bits per heavy atom. The molecule has 1 unspecified atom stereocenters. The number of ether oxygens (including phenoxy) is 1. The maximum atomic E-state index is 13.6. The maximum absolute atomic E-state index is 13.6. The molecular formula is C16H19ClF2O2S. The van der Waals surface area contributed by atoms with Crippen molar-refractivity contribution in [3.05, 3.63) is 53.1 Å². The molecule has 0 heterocycles. The summed E-state index contributed by atoms with van der Waals surface area (Å²) in [6.07, 6.45) is 2.11. The van der Waals surface area contributed by atoms with Crippen molar-refractivity contribution in [2.45, 2.75) is 37.0 Å². The Bertz CT molecular complexity index is 563. The minimum atomic E-state index is -3.70. The number of halogens is 3. The van der Waals surface area contributed by atoms with Crippen molar-refractivity contribution in [3.8, 4) is 0 Å². The summed E-state index contributed by atoms with van der Waals surface area (Å²) in [6, 6.07) is 6.85. The van der Waals surface area contributed by atoms with Crippen LogP contribution in [0.4, 0.5) is 8.78 Å². The van der Waals surface area contributed by atoms with Crippen molar-refractivity contribution in [1.29, 1.82) is 0 Å². The highest BCUT2D eigenvalue weighted by Crippen LogP contribution is 2.36. The van der Waals surface area contributed by atoms with Gasteiger partial charge in [0.1, 0.15) is 0 Å². The summed E-state index contributed by atoms with van der Waals surface area (Å²) in [6.45, 7) is 7.04. The lowest BCUT2D eigenvalue weighted by Crippen LogP contribution is -2.18. The molecule has 0 aliphatic heterocycles. The largest absolute Gasteiger partial charge is 0.490 e. The van der Waals surface area contributed by atoms with Crippen molar-refractivity contribution in [2.75, 3.05) is 6.61 Å². The Morgan fingerprint density at radius 1 is 1.41 bits per heavy atom. The molecule has 0 bridgehead atoms. The fraction of sp³-hybridized carbons (Fsp3) is 0.375. The molecule has 0 saturated carbocycles. The molecule has 0 aliphatic carbocycles. The molecule has 0 fully saturated rings. The number of allylic oxidation sites excluding steroid dienone is 3. The molecular weight excluding hydrogens is 330 g/mol. The SMILES string of the molecule is C=CCC/C(=C(/OCC)C(F)(F)Cl)S(=O)c1ccc(C)cc1. The first-order valence-corrected chi connectivity index (χ1v) is 8.36. The molecule has 2 nitrogen and oxygen atoms in total. The van der Waals surface area contributed by atoms with E-state index in [0.29, 0.717) is 11.3 Å². The van der Waals surface area contributed by atoms with Crippen LogP contribution in [-0.4, -0.2) is 16.2 Å². The van der Waals surface area contributed by atoms with Crippen LogP contribution < -0.4 is 0 Å². The fourth-order valence-electron chi connectivity index (χ4n) is 1.79. The van der Waals surface area contributed by atoms with Gasteiger partial charge in [-0.25, -0.2) is 4.21 Å². The van der Waals surface area contributed by atoms with E-state index < -0.39 is 21.9 Å². The molecule has 6 heteroatoms. The van der Waals surface area contributed by atoms with E-state index in [1.165, 1.54) is 0 Å². The predicted molar refractivity (Wildman–Crippen MR) is 86.5 cm³/mol. The zero-order valence-corrected chi connectivity index (χ0v) is 14.1. The van der Waals surface area contributed by atoms with E-state index in [2.05, 4.69) is 6.58 Å². The minimum absolute atomic E-state index is 0.00870. The Kier molecular flexibility index (Phi) is 7.23. The molecule has 0 aromatic heterocycles. The first-order valence-electron chi connectivity index (χ1n) is 6.83. The number of rotatable bonds is 8. The summed E-state index contributed by atoms with van der Waals surface area (Å²) in [5, 5.41) is -3.70. The third-order valence-electron chi connectivity index (χ3n) is 2.83. The van der Waals surface area contributed by atoms with Gasteiger partial charge in [-0.3, -0.25) is 0 Å². The second kappa shape index (κ2) is 8.44. The maximum Gasteiger partial charge on any atom is 0.380 e. The van der Waals surface area contributed by atoms with E-state index in [1.807, 2.05) is 6.92 Å². The van der Waals surface area contributed by atoms with E-state index in [4.69, 9.17) is 16.3 Å². The molecule has 122 valence electrons. The third kappa shape index (κ3) is 5.21. The normalized spacial score (nSPS) is 14.2. The lowest BCUT2D eigenvalue weighted by molar-refractivity contribution is 0.0508. The second-order valence-corrected chi connectivity index (χ2v) is 6.57. The van der Waals surface area contributed by atoms with Crippen LogP contribution in [0.15, 0.2) is 52.5 Å². The Balaban J connectivity index is 3.33. The van der Waals surface area contributed by atoms with Crippen LogP contribution in [0.2, 0.25) is 0 Å². The van der Waals surface area contributed by atoms with Gasteiger partial charge in [-0.15, -0.1) is 6.58 Å². The monoisotopic (exact) mass is 348 g/mol. The molecule has 1 aromatic carbocycles. The van der Waals surface area contributed by atoms with Gasteiger partial charge in [0.05, 0.1) is 22.3 Å². The first-order chi connectivity index (χ1) is 10.3. The van der Waals surface area contributed by atoms with Crippen LogP contribution >= 0.6 is 11.6 Å². The van der Waals surface area contributed by atoms with Gasteiger partial charge >= 0.3 is 5.38 Å². The van der Waals surface area contributed by atoms with Crippen molar-refractivity contribution in [1.82, 2.24) is 0 Å². The zero-order chi connectivity index (χ0) is 16.8. The Hall–Kier alpha value is -1.20. The molecule has 0 saturated heterocycles. The van der Waals surface area contributed by atoms with Gasteiger partial charge in [0, 0.05) is 4.90 Å². The van der Waals surface area contributed by atoms with Crippen LogP contribution in [-0.2, 0) is 15.5 Å². The number of alkyl halides is 3. The highest BCUT2D eigenvalue weighted by atomic mass is 35.5. The second-order valence-electron chi connectivity index (χ2n) is 4.59. The Labute approximate surface area is 137 Å². The van der Waals surface area contributed by atoms with Gasteiger partial charge in [-0.05, 0) is 50.4 Å². The minimum Gasteiger partial charge on any atom is -0.490 e. The highest BCUT2D eigenvalue weighted by Gasteiger charge is 2.37. The van der Waals surface area contributed by atoms with E-state index in [1.54, 1.807) is 37.3 Å². The lowest BCUT2D eigenvalue weighted by Gasteiger charge is -2.18. The molecule has 0 amide bonds. The number of aryl methyl sites for hydroxylation is 1. The summed E-state index contributed by atoms with van der Waals surface area (Å²) < 4.78 is 44.9. The van der Waals surface area contributed by atoms with E-state index in [0.717, 1.165) is 5.56 Å². The van der Waals surface area contributed by atoms with E-state index in [9.17, 15) is 13.0 Å². The van der Waals surface area contributed by atoms with Gasteiger partial charge in [-0.2, -0.15) is 8.78 Å². The van der Waals surface area contributed by atoms with Crippen molar-refractivity contribution in [2.24, 2.45) is 0 Å². The summed E-state index contributed by atoms with van der Waals surface area (Å²) in [5.74, 6) is -0.725. The highest BCUT2D eigenvalue weighted by molar-refractivity contribution is 7.89. The molecule has 1 aromatic rings. The molecule has 1 rings (SSSR count). The van der Waals surface area contributed by atoms with Crippen LogP contribution in [0, 0.1) is 6.92 Å². The summed E-state index contributed by atoms with van der Waals surface area (Å²) in [7, 11) is -1.77. The molecule has 0 N–H and O–H groups in total. The van der Waals surface area contributed by atoms with Gasteiger partial charge in [0.25, 0.3) is 0 Å². The standard InChI is InChI=1S/C16H19ClF2O2S/c1-4-6-7-14(15(21-5-2)16(17,18)19)22(20)13-10-8-12(3)9-11-13/h4,8-11H,1,5-7H2,2-3H3/b15-14-. The fourth-order valence-corrected chi connectivity index (χ4v) is 3.34. The predicted octanol–water partition coefficient (Wildman–Crippen LogP) is 5.15. The van der Waals surface area contributed by atoms with Crippen molar-refractivity contribution >= 4 is 22.4 Å². The summed E-state index contributed by atoms with van der Waals surface area (Å²) >= 11 is 5.13.